The number of hydrogen-bond donors (Lipinski definition) is 2. The number of thiophene rings is 1. The first kappa shape index (κ1) is 13.7. The predicted molar refractivity (Wildman–Crippen MR) is 71.0 cm³/mol. The molecule has 0 bridgehead atoms. The van der Waals surface area contributed by atoms with Crippen molar-refractivity contribution in [3.05, 3.63) is 21.4 Å². The molecular formula is C13H23NOS. The van der Waals surface area contributed by atoms with E-state index < -0.39 is 0 Å². The Bertz CT molecular complexity index is 335. The third-order valence-electron chi connectivity index (χ3n) is 3.29. The Morgan fingerprint density at radius 1 is 1.44 bits per heavy atom. The van der Waals surface area contributed by atoms with Crippen molar-refractivity contribution >= 4 is 11.3 Å². The molecule has 3 heteroatoms. The van der Waals surface area contributed by atoms with Crippen molar-refractivity contribution in [3.63, 3.8) is 0 Å². The highest BCUT2D eigenvalue weighted by molar-refractivity contribution is 7.12. The van der Waals surface area contributed by atoms with Crippen LogP contribution in [0.3, 0.4) is 0 Å². The zero-order valence-corrected chi connectivity index (χ0v) is 11.6. The van der Waals surface area contributed by atoms with Gasteiger partial charge in [-0.25, -0.2) is 0 Å². The van der Waals surface area contributed by atoms with Gasteiger partial charge in [-0.05, 0) is 45.2 Å². The highest BCUT2D eigenvalue weighted by Crippen LogP contribution is 2.22. The summed E-state index contributed by atoms with van der Waals surface area (Å²) in [6, 6.07) is 2.25. The highest BCUT2D eigenvalue weighted by Gasteiger charge is 2.20. The summed E-state index contributed by atoms with van der Waals surface area (Å²) in [5.41, 5.74) is 1.44. The number of aliphatic hydroxyl groups excluding tert-OH is 1. The molecule has 0 aromatic carbocycles. The summed E-state index contributed by atoms with van der Waals surface area (Å²) in [4.78, 5) is 2.77. The van der Waals surface area contributed by atoms with Crippen molar-refractivity contribution in [2.75, 3.05) is 6.61 Å². The van der Waals surface area contributed by atoms with Gasteiger partial charge in [0.25, 0.3) is 0 Å². The molecule has 16 heavy (non-hydrogen) atoms. The molecule has 0 aliphatic rings. The molecular weight excluding hydrogens is 218 g/mol. The van der Waals surface area contributed by atoms with Crippen molar-refractivity contribution in [1.29, 1.82) is 0 Å². The molecule has 1 heterocycles. The smallest absolute Gasteiger partial charge is 0.0448 e. The van der Waals surface area contributed by atoms with Crippen LogP contribution in [0.15, 0.2) is 6.07 Å². The van der Waals surface area contributed by atoms with Crippen LogP contribution in [0, 0.1) is 13.8 Å². The van der Waals surface area contributed by atoms with Crippen LogP contribution in [0.4, 0.5) is 0 Å². The average Bonchev–Trinajstić information content (AvgIpc) is 2.55. The second kappa shape index (κ2) is 5.80. The van der Waals surface area contributed by atoms with Gasteiger partial charge in [-0.1, -0.05) is 6.92 Å². The number of rotatable bonds is 6. The summed E-state index contributed by atoms with van der Waals surface area (Å²) in [5.74, 6) is 0. The summed E-state index contributed by atoms with van der Waals surface area (Å²) in [6.07, 6.45) is 1.85. The maximum atomic E-state index is 9.05. The molecule has 0 amide bonds. The zero-order chi connectivity index (χ0) is 12.2. The molecule has 1 unspecified atom stereocenters. The molecule has 1 aromatic heterocycles. The molecule has 0 saturated carbocycles. The number of hydrogen-bond acceptors (Lipinski definition) is 3. The predicted octanol–water partition coefficient (Wildman–Crippen LogP) is 3.01. The van der Waals surface area contributed by atoms with Crippen LogP contribution in [-0.4, -0.2) is 17.3 Å². The van der Waals surface area contributed by atoms with Crippen molar-refractivity contribution in [2.45, 2.75) is 52.6 Å². The molecule has 2 nitrogen and oxygen atoms in total. The van der Waals surface area contributed by atoms with Crippen LogP contribution in [0.25, 0.3) is 0 Å². The van der Waals surface area contributed by atoms with E-state index in [1.54, 1.807) is 0 Å². The number of aryl methyl sites for hydroxylation is 2. The number of aliphatic hydroxyl groups is 1. The third kappa shape index (κ3) is 3.58. The molecule has 92 valence electrons. The van der Waals surface area contributed by atoms with Gasteiger partial charge < -0.3 is 10.4 Å². The first-order valence-electron chi connectivity index (χ1n) is 5.92. The fourth-order valence-electron chi connectivity index (χ4n) is 1.80. The van der Waals surface area contributed by atoms with Crippen LogP contribution in [0.1, 0.15) is 42.0 Å². The Hall–Kier alpha value is -0.380. The van der Waals surface area contributed by atoms with E-state index in [9.17, 15) is 0 Å². The molecule has 0 saturated heterocycles. The van der Waals surface area contributed by atoms with E-state index in [4.69, 9.17) is 5.11 Å². The number of nitrogens with one attached hydrogen (secondary N) is 1. The Morgan fingerprint density at radius 2 is 2.12 bits per heavy atom. The van der Waals surface area contributed by atoms with Gasteiger partial charge in [-0.15, -0.1) is 11.3 Å². The highest BCUT2D eigenvalue weighted by atomic mass is 32.1. The summed E-state index contributed by atoms with van der Waals surface area (Å²) in [5, 5.41) is 12.6. The van der Waals surface area contributed by atoms with E-state index in [1.165, 1.54) is 15.3 Å². The third-order valence-corrected chi connectivity index (χ3v) is 4.30. The normalized spacial score (nSPS) is 15.1. The lowest BCUT2D eigenvalue weighted by atomic mass is 9.94. The minimum atomic E-state index is 0.0526. The van der Waals surface area contributed by atoms with Crippen LogP contribution >= 0.6 is 11.3 Å². The maximum absolute atomic E-state index is 9.05. The summed E-state index contributed by atoms with van der Waals surface area (Å²) in [7, 11) is 0. The minimum Gasteiger partial charge on any atom is -0.396 e. The van der Waals surface area contributed by atoms with E-state index in [2.05, 4.69) is 39.1 Å². The Balaban J connectivity index is 2.59. The van der Waals surface area contributed by atoms with E-state index in [1.807, 2.05) is 11.3 Å². The second-order valence-corrected chi connectivity index (χ2v) is 6.14. The first-order valence-corrected chi connectivity index (χ1v) is 6.74. The summed E-state index contributed by atoms with van der Waals surface area (Å²) in [6.45, 7) is 9.81. The van der Waals surface area contributed by atoms with E-state index in [0.717, 1.165) is 19.4 Å². The molecule has 1 rings (SSSR count). The van der Waals surface area contributed by atoms with E-state index in [-0.39, 0.29) is 12.1 Å². The quantitative estimate of drug-likeness (QED) is 0.802. The Morgan fingerprint density at radius 3 is 2.56 bits per heavy atom. The van der Waals surface area contributed by atoms with Crippen LogP contribution in [-0.2, 0) is 6.54 Å². The van der Waals surface area contributed by atoms with Crippen molar-refractivity contribution in [1.82, 2.24) is 5.32 Å². The minimum absolute atomic E-state index is 0.0526. The molecule has 0 aliphatic heterocycles. The van der Waals surface area contributed by atoms with Crippen molar-refractivity contribution in [3.8, 4) is 0 Å². The second-order valence-electron chi connectivity index (χ2n) is 4.68. The first-order chi connectivity index (χ1) is 7.50. The lowest BCUT2D eigenvalue weighted by molar-refractivity contribution is 0.214. The molecule has 0 aliphatic carbocycles. The molecule has 2 N–H and O–H groups in total. The van der Waals surface area contributed by atoms with Gasteiger partial charge in [0.15, 0.2) is 0 Å². The summed E-state index contributed by atoms with van der Waals surface area (Å²) >= 11 is 1.85. The van der Waals surface area contributed by atoms with Crippen molar-refractivity contribution in [2.24, 2.45) is 0 Å². The standard InChI is InChI=1S/C13H23NOS/c1-5-13(4,6-7-15)14-9-12-8-10(2)16-11(12)3/h8,14-15H,5-7,9H2,1-4H3. The fourth-order valence-corrected chi connectivity index (χ4v) is 2.75. The lowest BCUT2D eigenvalue weighted by Crippen LogP contribution is -2.42. The monoisotopic (exact) mass is 241 g/mol. The van der Waals surface area contributed by atoms with Crippen LogP contribution in [0.5, 0.6) is 0 Å². The van der Waals surface area contributed by atoms with Gasteiger partial charge in [0, 0.05) is 28.4 Å². The Kier molecular flexibility index (Phi) is 4.96. The molecule has 1 atom stereocenters. The van der Waals surface area contributed by atoms with Crippen LogP contribution in [0.2, 0.25) is 0 Å². The maximum Gasteiger partial charge on any atom is 0.0448 e. The van der Waals surface area contributed by atoms with Gasteiger partial charge in [-0.2, -0.15) is 0 Å². The fraction of sp³-hybridized carbons (Fsp3) is 0.692. The summed E-state index contributed by atoms with van der Waals surface area (Å²) < 4.78 is 0. The van der Waals surface area contributed by atoms with Gasteiger partial charge >= 0.3 is 0 Å². The lowest BCUT2D eigenvalue weighted by Gasteiger charge is -2.29. The molecule has 0 spiro atoms. The average molecular weight is 241 g/mol. The van der Waals surface area contributed by atoms with Gasteiger partial charge in [-0.3, -0.25) is 0 Å². The van der Waals surface area contributed by atoms with Crippen molar-refractivity contribution < 1.29 is 5.11 Å². The zero-order valence-electron chi connectivity index (χ0n) is 10.8. The topological polar surface area (TPSA) is 32.3 Å². The SMILES string of the molecule is CCC(C)(CCO)NCc1cc(C)sc1C. The van der Waals surface area contributed by atoms with E-state index in [0.29, 0.717) is 0 Å². The van der Waals surface area contributed by atoms with Crippen LogP contribution < -0.4 is 5.32 Å². The molecule has 1 aromatic rings. The van der Waals surface area contributed by atoms with Gasteiger partial charge in [0.05, 0.1) is 0 Å². The van der Waals surface area contributed by atoms with Gasteiger partial charge in [0.1, 0.15) is 0 Å². The van der Waals surface area contributed by atoms with Gasteiger partial charge in [0.2, 0.25) is 0 Å². The van der Waals surface area contributed by atoms with E-state index >= 15 is 0 Å². The molecule has 0 fully saturated rings. The largest absolute Gasteiger partial charge is 0.396 e. The Labute approximate surface area is 103 Å². The molecule has 0 radical (unpaired) electrons.